The van der Waals surface area contributed by atoms with E-state index in [2.05, 4.69) is 6.58 Å². The molecule has 0 aliphatic carbocycles. The van der Waals surface area contributed by atoms with Gasteiger partial charge in [0.05, 0.1) is 0 Å². The lowest BCUT2D eigenvalue weighted by Gasteiger charge is -2.13. The highest BCUT2D eigenvalue weighted by molar-refractivity contribution is 5.69. The van der Waals surface area contributed by atoms with Crippen molar-refractivity contribution < 1.29 is 19.1 Å². The molecule has 0 saturated heterocycles. The second kappa shape index (κ2) is 5.84. The number of hydrogen-bond acceptors (Lipinski definition) is 4. The molecule has 0 bridgehead atoms. The number of esters is 2. The fraction of sp³-hybridized carbons (Fsp3) is 0.231. The second-order valence-electron chi connectivity index (χ2n) is 3.43. The van der Waals surface area contributed by atoms with Gasteiger partial charge in [0.1, 0.15) is 11.9 Å². The van der Waals surface area contributed by atoms with E-state index >= 15 is 0 Å². The van der Waals surface area contributed by atoms with Crippen LogP contribution in [0.15, 0.2) is 36.9 Å². The molecule has 0 heterocycles. The molecule has 0 amide bonds. The molecule has 0 aliphatic rings. The van der Waals surface area contributed by atoms with Crippen LogP contribution in [0.1, 0.15) is 25.5 Å². The first kappa shape index (κ1) is 13.0. The molecule has 0 aromatic heterocycles. The zero-order valence-electron chi connectivity index (χ0n) is 9.80. The highest BCUT2D eigenvalue weighted by Crippen LogP contribution is 2.23. The van der Waals surface area contributed by atoms with Crippen LogP contribution in [0.4, 0.5) is 0 Å². The summed E-state index contributed by atoms with van der Waals surface area (Å²) in [6.45, 7) is 6.25. The van der Waals surface area contributed by atoms with E-state index in [9.17, 15) is 9.59 Å². The van der Waals surface area contributed by atoms with Crippen LogP contribution in [0.25, 0.3) is 0 Å². The van der Waals surface area contributed by atoms with Crippen LogP contribution >= 0.6 is 0 Å². The van der Waals surface area contributed by atoms with Gasteiger partial charge in [-0.1, -0.05) is 18.7 Å². The Morgan fingerprint density at radius 1 is 1.29 bits per heavy atom. The summed E-state index contributed by atoms with van der Waals surface area (Å²) >= 11 is 0. The van der Waals surface area contributed by atoms with Crippen LogP contribution in [-0.4, -0.2) is 11.9 Å². The number of carbonyl (C=O) groups excluding carboxylic acids is 2. The first-order valence-electron chi connectivity index (χ1n) is 5.11. The van der Waals surface area contributed by atoms with Crippen LogP contribution in [0.5, 0.6) is 5.75 Å². The minimum atomic E-state index is -0.539. The number of ether oxygens (including phenoxy) is 2. The molecular weight excluding hydrogens is 220 g/mol. The first-order valence-corrected chi connectivity index (χ1v) is 5.11. The first-order chi connectivity index (χ1) is 8.02. The predicted molar refractivity (Wildman–Crippen MR) is 62.5 cm³/mol. The Morgan fingerprint density at radius 2 is 2.00 bits per heavy atom. The van der Waals surface area contributed by atoms with Crippen molar-refractivity contribution in [1.29, 1.82) is 0 Å². The second-order valence-corrected chi connectivity index (χ2v) is 3.43. The maximum Gasteiger partial charge on any atom is 0.308 e. The van der Waals surface area contributed by atoms with Gasteiger partial charge in [0.2, 0.25) is 0 Å². The molecule has 1 unspecified atom stereocenters. The van der Waals surface area contributed by atoms with Crippen LogP contribution in [0, 0.1) is 0 Å². The van der Waals surface area contributed by atoms with E-state index in [-0.39, 0.29) is 0 Å². The average molecular weight is 234 g/mol. The van der Waals surface area contributed by atoms with Crippen molar-refractivity contribution >= 4 is 11.9 Å². The maximum atomic E-state index is 10.9. The minimum Gasteiger partial charge on any atom is -0.453 e. The molecule has 0 radical (unpaired) electrons. The van der Waals surface area contributed by atoms with Gasteiger partial charge in [-0.2, -0.15) is 0 Å². The average Bonchev–Trinajstić information content (AvgIpc) is 2.25. The molecule has 1 rings (SSSR count). The van der Waals surface area contributed by atoms with Crippen LogP contribution < -0.4 is 4.74 Å². The Hall–Kier alpha value is -2.10. The van der Waals surface area contributed by atoms with Gasteiger partial charge >= 0.3 is 11.9 Å². The van der Waals surface area contributed by atoms with Crippen LogP contribution in [0.2, 0.25) is 0 Å². The quantitative estimate of drug-likeness (QED) is 0.456. The predicted octanol–water partition coefficient (Wildman–Crippen LogP) is 2.40. The lowest BCUT2D eigenvalue weighted by atomic mass is 10.1. The molecule has 1 aromatic rings. The van der Waals surface area contributed by atoms with Crippen molar-refractivity contribution in [3.05, 3.63) is 42.5 Å². The van der Waals surface area contributed by atoms with Crippen molar-refractivity contribution in [2.24, 2.45) is 0 Å². The van der Waals surface area contributed by atoms with Crippen molar-refractivity contribution in [1.82, 2.24) is 0 Å². The SMILES string of the molecule is C=CC(OC(C)=O)c1cccc(OC(C)=O)c1. The van der Waals surface area contributed by atoms with Gasteiger partial charge in [0.25, 0.3) is 0 Å². The lowest BCUT2D eigenvalue weighted by molar-refractivity contribution is -0.144. The normalized spacial score (nSPS) is 11.4. The van der Waals surface area contributed by atoms with Crippen molar-refractivity contribution in [3.8, 4) is 5.75 Å². The third-order valence-corrected chi connectivity index (χ3v) is 1.96. The zero-order valence-corrected chi connectivity index (χ0v) is 9.80. The molecule has 1 aromatic carbocycles. The monoisotopic (exact) mass is 234 g/mol. The molecule has 4 nitrogen and oxygen atoms in total. The van der Waals surface area contributed by atoms with Crippen molar-refractivity contribution in [2.45, 2.75) is 20.0 Å². The summed E-state index contributed by atoms with van der Waals surface area (Å²) in [5, 5.41) is 0. The number of rotatable bonds is 4. The van der Waals surface area contributed by atoms with Gasteiger partial charge in [-0.05, 0) is 18.2 Å². The van der Waals surface area contributed by atoms with E-state index < -0.39 is 18.0 Å². The van der Waals surface area contributed by atoms with Crippen molar-refractivity contribution in [3.63, 3.8) is 0 Å². The molecule has 90 valence electrons. The Labute approximate surface area is 99.8 Å². The van der Waals surface area contributed by atoms with E-state index in [1.54, 1.807) is 24.3 Å². The van der Waals surface area contributed by atoms with E-state index in [0.29, 0.717) is 11.3 Å². The number of carbonyl (C=O) groups is 2. The molecule has 0 fully saturated rings. The van der Waals surface area contributed by atoms with E-state index in [1.807, 2.05) is 0 Å². The summed E-state index contributed by atoms with van der Waals surface area (Å²) in [6, 6.07) is 6.77. The highest BCUT2D eigenvalue weighted by Gasteiger charge is 2.11. The fourth-order valence-corrected chi connectivity index (χ4v) is 1.35. The molecule has 0 aliphatic heterocycles. The molecule has 1 atom stereocenters. The largest absolute Gasteiger partial charge is 0.453 e. The van der Waals surface area contributed by atoms with E-state index in [1.165, 1.54) is 19.9 Å². The Kier molecular flexibility index (Phi) is 4.46. The minimum absolute atomic E-state index is 0.396. The summed E-state index contributed by atoms with van der Waals surface area (Å²) in [7, 11) is 0. The summed E-state index contributed by atoms with van der Waals surface area (Å²) in [6.07, 6.45) is 0.969. The number of benzene rings is 1. The maximum absolute atomic E-state index is 10.9. The number of hydrogen-bond donors (Lipinski definition) is 0. The van der Waals surface area contributed by atoms with Crippen LogP contribution in [-0.2, 0) is 14.3 Å². The summed E-state index contributed by atoms with van der Waals surface area (Å²) < 4.78 is 9.99. The van der Waals surface area contributed by atoms with Gasteiger partial charge in [-0.3, -0.25) is 9.59 Å². The summed E-state index contributed by atoms with van der Waals surface area (Å²) in [5.74, 6) is -0.383. The molecule has 0 N–H and O–H groups in total. The third kappa shape index (κ3) is 4.10. The zero-order chi connectivity index (χ0) is 12.8. The van der Waals surface area contributed by atoms with Gasteiger partial charge in [0.15, 0.2) is 0 Å². The van der Waals surface area contributed by atoms with Crippen LogP contribution in [0.3, 0.4) is 0 Å². The molecule has 17 heavy (non-hydrogen) atoms. The molecule has 4 heteroatoms. The van der Waals surface area contributed by atoms with E-state index in [0.717, 1.165) is 0 Å². The highest BCUT2D eigenvalue weighted by atomic mass is 16.5. The van der Waals surface area contributed by atoms with Gasteiger partial charge in [-0.25, -0.2) is 0 Å². The van der Waals surface area contributed by atoms with Gasteiger partial charge in [-0.15, -0.1) is 0 Å². The standard InChI is InChI=1S/C13H14O4/c1-4-13(17-10(3)15)11-6-5-7-12(8-11)16-9(2)14/h4-8,13H,1H2,2-3H3. The van der Waals surface area contributed by atoms with E-state index in [4.69, 9.17) is 9.47 Å². The lowest BCUT2D eigenvalue weighted by Crippen LogP contribution is -2.07. The van der Waals surface area contributed by atoms with Gasteiger partial charge in [0, 0.05) is 19.4 Å². The summed E-state index contributed by atoms with van der Waals surface area (Å²) in [5.41, 5.74) is 0.703. The van der Waals surface area contributed by atoms with Crippen molar-refractivity contribution in [2.75, 3.05) is 0 Å². The van der Waals surface area contributed by atoms with Gasteiger partial charge < -0.3 is 9.47 Å². The third-order valence-electron chi connectivity index (χ3n) is 1.96. The Balaban J connectivity index is 2.92. The summed E-state index contributed by atoms with van der Waals surface area (Å²) in [4.78, 5) is 21.7. The molecular formula is C13H14O4. The Bertz CT molecular complexity index is 437. The molecule has 0 spiro atoms. The fourth-order valence-electron chi connectivity index (χ4n) is 1.35. The topological polar surface area (TPSA) is 52.6 Å². The smallest absolute Gasteiger partial charge is 0.308 e. The molecule has 0 saturated carbocycles. The Morgan fingerprint density at radius 3 is 2.53 bits per heavy atom.